The predicted molar refractivity (Wildman–Crippen MR) is 151 cm³/mol. The highest BCUT2D eigenvalue weighted by molar-refractivity contribution is 7.95. The van der Waals surface area contributed by atoms with Gasteiger partial charge in [-0.3, -0.25) is 4.79 Å². The Morgan fingerprint density at radius 2 is 1.23 bits per heavy atom. The molecule has 0 radical (unpaired) electrons. The summed E-state index contributed by atoms with van der Waals surface area (Å²) in [7, 11) is -5.48. The van der Waals surface area contributed by atoms with Crippen molar-refractivity contribution in [3.8, 4) is 0 Å². The first-order valence-corrected chi connectivity index (χ1v) is 14.7. The minimum atomic E-state index is -2.74. The maximum Gasteiger partial charge on any atom is 0.335 e. The Balaban J connectivity index is -0.000000432. The van der Waals surface area contributed by atoms with Gasteiger partial charge >= 0.3 is 5.97 Å². The Morgan fingerprint density at radius 3 is 1.40 bits per heavy atom. The van der Waals surface area contributed by atoms with Crippen molar-refractivity contribution in [2.24, 2.45) is 5.92 Å². The second kappa shape index (κ2) is 16.7. The number of Topliss-reactive ketones (excluding diaryl/α,β-unsaturated/α-hetero) is 1. The Morgan fingerprint density at radius 1 is 0.914 bits per heavy atom. The molecular weight excluding hydrogens is 491 g/mol. The molecule has 0 aliphatic rings. The van der Waals surface area contributed by atoms with E-state index in [1.807, 2.05) is 27.7 Å². The third kappa shape index (κ3) is 20.0. The SMILES string of the molecule is C=C(O)C(C)C.C=P(O)(O)C(C)C.C=S(=O)(O)C(C)C.CC(=O)c1cc(C(=O)O)cc(C(C)C)c1. The van der Waals surface area contributed by atoms with Gasteiger partial charge in [0.1, 0.15) is 7.34 Å². The van der Waals surface area contributed by atoms with Crippen LogP contribution in [-0.4, -0.2) is 63.6 Å². The van der Waals surface area contributed by atoms with E-state index in [1.165, 1.54) is 13.0 Å². The molecule has 1 rings (SSSR count). The smallest absolute Gasteiger partial charge is 0.335 e. The Labute approximate surface area is 211 Å². The summed E-state index contributed by atoms with van der Waals surface area (Å²) >= 11 is 0. The number of aliphatic hydroxyl groups excluding tert-OH is 1. The van der Waals surface area contributed by atoms with E-state index in [0.29, 0.717) is 5.56 Å². The van der Waals surface area contributed by atoms with E-state index in [2.05, 4.69) is 18.7 Å². The van der Waals surface area contributed by atoms with Gasteiger partial charge in [-0.1, -0.05) is 54.4 Å². The van der Waals surface area contributed by atoms with E-state index in [-0.39, 0.29) is 39.9 Å². The van der Waals surface area contributed by atoms with Crippen LogP contribution in [0.5, 0.6) is 0 Å². The van der Waals surface area contributed by atoms with Crippen LogP contribution in [0.25, 0.3) is 0 Å². The number of carbonyl (C=O) groups excluding carboxylic acids is 1. The lowest BCUT2D eigenvalue weighted by Gasteiger charge is -2.12. The maximum absolute atomic E-state index is 11.2. The number of carboxylic acid groups (broad SMARTS) is 1. The van der Waals surface area contributed by atoms with Gasteiger partial charge in [0.25, 0.3) is 0 Å². The third-order valence-electron chi connectivity index (χ3n) is 4.51. The summed E-state index contributed by atoms with van der Waals surface area (Å²) in [6, 6.07) is 4.77. The molecule has 1 unspecified atom stereocenters. The largest absolute Gasteiger partial charge is 0.513 e. The van der Waals surface area contributed by atoms with Crippen LogP contribution >= 0.6 is 7.34 Å². The van der Waals surface area contributed by atoms with Crippen molar-refractivity contribution >= 4 is 41.1 Å². The van der Waals surface area contributed by atoms with E-state index >= 15 is 0 Å². The quantitative estimate of drug-likeness (QED) is 0.135. The van der Waals surface area contributed by atoms with Gasteiger partial charge < -0.3 is 24.6 Å². The highest BCUT2D eigenvalue weighted by Gasteiger charge is 2.11. The first kappa shape index (κ1) is 37.6. The summed E-state index contributed by atoms with van der Waals surface area (Å²) in [5.41, 5.74) is 1.41. The number of allylic oxidation sites excluding steroid dienone is 1. The van der Waals surface area contributed by atoms with Crippen molar-refractivity contribution in [1.82, 2.24) is 0 Å². The highest BCUT2D eigenvalue weighted by atomic mass is 32.2. The number of hydrogen-bond donors (Lipinski definition) is 5. The van der Waals surface area contributed by atoms with Crippen LogP contribution in [0.3, 0.4) is 0 Å². The molecule has 10 heteroatoms. The van der Waals surface area contributed by atoms with Gasteiger partial charge in [-0.2, -0.15) is 0 Å². The van der Waals surface area contributed by atoms with Gasteiger partial charge in [-0.05, 0) is 56.3 Å². The van der Waals surface area contributed by atoms with Crippen LogP contribution in [0, 0.1) is 5.92 Å². The molecule has 0 fully saturated rings. The zero-order valence-corrected chi connectivity index (χ0v) is 24.2. The molecule has 0 bridgehead atoms. The van der Waals surface area contributed by atoms with Gasteiger partial charge in [0.05, 0.1) is 21.1 Å². The summed E-state index contributed by atoms with van der Waals surface area (Å²) < 4.78 is 18.8. The van der Waals surface area contributed by atoms with E-state index in [9.17, 15) is 13.8 Å². The molecule has 1 aromatic rings. The molecule has 0 spiro atoms. The lowest BCUT2D eigenvalue weighted by Crippen LogP contribution is -2.10. The number of carbonyl (C=O) groups is 2. The zero-order chi connectivity index (χ0) is 28.9. The molecule has 0 aliphatic heterocycles. The Hall–Kier alpha value is -1.90. The van der Waals surface area contributed by atoms with Gasteiger partial charge in [0.15, 0.2) is 5.78 Å². The van der Waals surface area contributed by atoms with Crippen molar-refractivity contribution in [1.29, 1.82) is 0 Å². The van der Waals surface area contributed by atoms with Crippen molar-refractivity contribution in [2.75, 3.05) is 0 Å². The average molecular weight is 537 g/mol. The summed E-state index contributed by atoms with van der Waals surface area (Å²) in [5.74, 6) is 2.62. The number of ketones is 1. The molecule has 204 valence electrons. The summed E-state index contributed by atoms with van der Waals surface area (Å²) in [5, 5.41) is 17.1. The number of hydrogen-bond acceptors (Lipinski definition) is 6. The van der Waals surface area contributed by atoms with Crippen molar-refractivity contribution in [3.05, 3.63) is 47.2 Å². The summed E-state index contributed by atoms with van der Waals surface area (Å²) in [4.78, 5) is 39.3. The molecule has 0 aliphatic carbocycles. The number of benzene rings is 1. The normalized spacial score (nSPS) is 12.5. The first-order valence-electron chi connectivity index (χ1n) is 11.0. The maximum atomic E-state index is 11.2. The fourth-order valence-electron chi connectivity index (χ4n) is 1.31. The van der Waals surface area contributed by atoms with Crippen LogP contribution < -0.4 is 0 Å². The standard InChI is InChI=1S/C12H14O3.C5H10O.C4H11O2P.C4H10O2S/c1-7(2)9-4-10(8(3)13)6-11(5-9)12(14)15;1-4(2)5(3)6;2*1-4(2)7(3,5)6/h4-7H,1-3H3,(H,14,15);4,6H,3H2,1-2H3;4-6H,3H2,1-2H3;4H,3H2,1-2H3,(H,5,6). The highest BCUT2D eigenvalue weighted by Crippen LogP contribution is 2.39. The van der Waals surface area contributed by atoms with Gasteiger partial charge in [0, 0.05) is 22.4 Å². The molecule has 0 aromatic heterocycles. The molecule has 35 heavy (non-hydrogen) atoms. The molecule has 1 aromatic carbocycles. The fourth-order valence-corrected chi connectivity index (χ4v) is 1.31. The minimum absolute atomic E-state index is 0.0903. The van der Waals surface area contributed by atoms with Crippen molar-refractivity contribution in [2.45, 2.75) is 79.1 Å². The molecule has 0 saturated carbocycles. The van der Waals surface area contributed by atoms with E-state index in [0.717, 1.165) is 5.56 Å². The van der Waals surface area contributed by atoms with E-state index in [1.54, 1.807) is 39.8 Å². The number of aliphatic hydroxyl groups is 1. The average Bonchev–Trinajstić information content (AvgIpc) is 2.67. The summed E-state index contributed by atoms with van der Waals surface area (Å²) in [6.45, 7) is 19.3. The lowest BCUT2D eigenvalue weighted by molar-refractivity contribution is 0.0696. The minimum Gasteiger partial charge on any atom is -0.513 e. The summed E-state index contributed by atoms with van der Waals surface area (Å²) in [6.07, 6.45) is 3.19. The lowest BCUT2D eigenvalue weighted by atomic mass is 9.96. The van der Waals surface area contributed by atoms with Crippen molar-refractivity contribution in [3.63, 3.8) is 0 Å². The molecule has 5 N–H and O–H groups in total. The number of rotatable bonds is 6. The molecule has 0 amide bonds. The molecule has 8 nitrogen and oxygen atoms in total. The van der Waals surface area contributed by atoms with Crippen LogP contribution in [0.4, 0.5) is 0 Å². The molecule has 1 atom stereocenters. The molecule has 0 heterocycles. The number of aromatic carboxylic acids is 1. The van der Waals surface area contributed by atoms with Crippen LogP contribution in [-0.2, 0) is 9.80 Å². The third-order valence-corrected chi connectivity index (χ3v) is 7.63. The van der Waals surface area contributed by atoms with E-state index < -0.39 is 23.1 Å². The Kier molecular flexibility index (Phi) is 18.0. The topological polar surface area (TPSA) is 152 Å². The predicted octanol–water partition coefficient (Wildman–Crippen LogP) is 5.67. The first-order chi connectivity index (χ1) is 15.4. The number of carboxylic acids is 1. The van der Waals surface area contributed by atoms with Crippen LogP contribution in [0.15, 0.2) is 30.5 Å². The van der Waals surface area contributed by atoms with E-state index in [4.69, 9.17) is 24.6 Å². The second-order valence-corrected chi connectivity index (χ2v) is 14.1. The van der Waals surface area contributed by atoms with Crippen LogP contribution in [0.1, 0.15) is 94.5 Å². The van der Waals surface area contributed by atoms with Gasteiger partial charge in [0.2, 0.25) is 0 Å². The Bertz CT molecular complexity index is 939. The van der Waals surface area contributed by atoms with Crippen molar-refractivity contribution < 1.29 is 38.4 Å². The van der Waals surface area contributed by atoms with Gasteiger partial charge in [-0.15, -0.1) is 0 Å². The van der Waals surface area contributed by atoms with Gasteiger partial charge in [-0.25, -0.2) is 9.00 Å². The fraction of sp³-hybridized carbons (Fsp3) is 0.520. The zero-order valence-electron chi connectivity index (χ0n) is 22.5. The second-order valence-electron chi connectivity index (χ2n) is 9.12. The van der Waals surface area contributed by atoms with Crippen LogP contribution in [0.2, 0.25) is 0 Å². The monoisotopic (exact) mass is 536 g/mol. The molecular formula is C25H45O8PS. The molecule has 0 saturated heterocycles.